The zero-order valence-electron chi connectivity index (χ0n) is 10.2. The van der Waals surface area contributed by atoms with Crippen LogP contribution in [0.25, 0.3) is 0 Å². The van der Waals surface area contributed by atoms with Crippen LogP contribution in [0.3, 0.4) is 0 Å². The smallest absolute Gasteiger partial charge is 0.115 e. The first-order chi connectivity index (χ1) is 7.81. The van der Waals surface area contributed by atoms with Crippen LogP contribution in [-0.2, 0) is 0 Å². The molecule has 1 saturated carbocycles. The van der Waals surface area contributed by atoms with Gasteiger partial charge in [0.25, 0.3) is 0 Å². The van der Waals surface area contributed by atoms with Crippen molar-refractivity contribution in [1.29, 1.82) is 0 Å². The van der Waals surface area contributed by atoms with Crippen molar-refractivity contribution in [1.82, 2.24) is 15.3 Å². The Bertz CT molecular complexity index is 312. The van der Waals surface area contributed by atoms with Crippen molar-refractivity contribution < 1.29 is 0 Å². The molecule has 3 atom stereocenters. The van der Waals surface area contributed by atoms with Gasteiger partial charge in [0.05, 0.1) is 0 Å². The monoisotopic (exact) mass is 219 g/mol. The number of aromatic nitrogens is 2. The lowest BCUT2D eigenvalue weighted by Crippen LogP contribution is -2.29. The lowest BCUT2D eigenvalue weighted by atomic mass is 9.77. The highest BCUT2D eigenvalue weighted by Gasteiger charge is 2.26. The third kappa shape index (κ3) is 2.59. The molecule has 0 saturated heterocycles. The highest BCUT2D eigenvalue weighted by atomic mass is 14.9. The molecule has 0 bridgehead atoms. The fourth-order valence-electron chi connectivity index (χ4n) is 2.93. The van der Waals surface area contributed by atoms with Crippen molar-refractivity contribution in [3.8, 4) is 0 Å². The third-order valence-electron chi connectivity index (χ3n) is 3.70. The van der Waals surface area contributed by atoms with Gasteiger partial charge in [-0.05, 0) is 31.7 Å². The van der Waals surface area contributed by atoms with Gasteiger partial charge in [-0.1, -0.05) is 19.8 Å². The van der Waals surface area contributed by atoms with Gasteiger partial charge in [0.1, 0.15) is 6.33 Å². The minimum atomic E-state index is 0.420. The first-order valence-corrected chi connectivity index (χ1v) is 6.23. The molecule has 1 fully saturated rings. The van der Waals surface area contributed by atoms with Gasteiger partial charge in [0, 0.05) is 24.0 Å². The quantitative estimate of drug-likeness (QED) is 0.849. The van der Waals surface area contributed by atoms with Crippen molar-refractivity contribution in [2.45, 2.75) is 38.6 Å². The molecule has 0 spiro atoms. The van der Waals surface area contributed by atoms with Crippen molar-refractivity contribution >= 4 is 0 Å². The standard InChI is InChI=1S/C13H21N3/c1-10-4-3-5-11(6-10)13(14-2)12-7-15-9-16-8-12/h7-11,13-14H,3-6H2,1-2H3. The predicted octanol–water partition coefficient (Wildman–Crippen LogP) is 2.56. The van der Waals surface area contributed by atoms with Crippen LogP contribution in [-0.4, -0.2) is 17.0 Å². The summed E-state index contributed by atoms with van der Waals surface area (Å²) in [5.74, 6) is 1.60. The van der Waals surface area contributed by atoms with Crippen LogP contribution in [0.1, 0.15) is 44.2 Å². The predicted molar refractivity (Wildman–Crippen MR) is 65.0 cm³/mol. The van der Waals surface area contributed by atoms with Crippen molar-refractivity contribution in [3.63, 3.8) is 0 Å². The molecule has 88 valence electrons. The zero-order valence-corrected chi connectivity index (χ0v) is 10.2. The van der Waals surface area contributed by atoms with Gasteiger partial charge in [0.15, 0.2) is 0 Å². The molecule has 1 aromatic rings. The number of nitrogens with zero attached hydrogens (tertiary/aromatic N) is 2. The van der Waals surface area contributed by atoms with Crippen LogP contribution in [0, 0.1) is 11.8 Å². The van der Waals surface area contributed by atoms with E-state index in [1.165, 1.54) is 31.2 Å². The van der Waals surface area contributed by atoms with Gasteiger partial charge >= 0.3 is 0 Å². The molecule has 3 unspecified atom stereocenters. The Balaban J connectivity index is 2.10. The van der Waals surface area contributed by atoms with Crippen LogP contribution in [0.2, 0.25) is 0 Å². The second-order valence-corrected chi connectivity index (χ2v) is 4.97. The molecule has 1 aliphatic rings. The molecule has 1 heterocycles. The second-order valence-electron chi connectivity index (χ2n) is 4.97. The van der Waals surface area contributed by atoms with E-state index in [4.69, 9.17) is 0 Å². The maximum atomic E-state index is 4.12. The minimum absolute atomic E-state index is 0.420. The fourth-order valence-corrected chi connectivity index (χ4v) is 2.93. The maximum absolute atomic E-state index is 4.12. The number of rotatable bonds is 3. The summed E-state index contributed by atoms with van der Waals surface area (Å²) < 4.78 is 0. The summed E-state index contributed by atoms with van der Waals surface area (Å²) in [4.78, 5) is 8.23. The molecule has 1 N–H and O–H groups in total. The highest BCUT2D eigenvalue weighted by Crippen LogP contribution is 2.36. The Morgan fingerprint density at radius 3 is 2.69 bits per heavy atom. The van der Waals surface area contributed by atoms with E-state index in [1.54, 1.807) is 6.33 Å². The summed E-state index contributed by atoms with van der Waals surface area (Å²) in [6.45, 7) is 2.36. The molecule has 1 aromatic heterocycles. The molecule has 0 amide bonds. The maximum Gasteiger partial charge on any atom is 0.115 e. The molecule has 16 heavy (non-hydrogen) atoms. The van der Waals surface area contributed by atoms with Gasteiger partial charge < -0.3 is 5.32 Å². The molecule has 0 aromatic carbocycles. The molecular formula is C13H21N3. The summed E-state index contributed by atoms with van der Waals surface area (Å²) >= 11 is 0. The summed E-state index contributed by atoms with van der Waals surface area (Å²) in [6, 6.07) is 0.420. The largest absolute Gasteiger partial charge is 0.313 e. The molecule has 1 aliphatic carbocycles. The molecule has 3 nitrogen and oxygen atoms in total. The van der Waals surface area contributed by atoms with Crippen LogP contribution in [0.15, 0.2) is 18.7 Å². The molecule has 0 aliphatic heterocycles. The van der Waals surface area contributed by atoms with E-state index in [-0.39, 0.29) is 0 Å². The molecular weight excluding hydrogens is 198 g/mol. The van der Waals surface area contributed by atoms with Gasteiger partial charge in [-0.3, -0.25) is 0 Å². The SMILES string of the molecule is CNC(c1cncnc1)C1CCCC(C)C1. The van der Waals surface area contributed by atoms with Crippen molar-refractivity contribution in [2.24, 2.45) is 11.8 Å². The Kier molecular flexibility index (Phi) is 3.88. The van der Waals surface area contributed by atoms with Crippen molar-refractivity contribution in [2.75, 3.05) is 7.05 Å². The van der Waals surface area contributed by atoms with Crippen LogP contribution >= 0.6 is 0 Å². The second kappa shape index (κ2) is 5.39. The summed E-state index contributed by atoms with van der Waals surface area (Å²) in [6.07, 6.45) is 10.9. The van der Waals surface area contributed by atoms with Crippen LogP contribution in [0.4, 0.5) is 0 Å². The van der Waals surface area contributed by atoms with Crippen molar-refractivity contribution in [3.05, 3.63) is 24.3 Å². The Morgan fingerprint density at radius 1 is 1.31 bits per heavy atom. The highest BCUT2D eigenvalue weighted by molar-refractivity contribution is 5.10. The number of hydrogen-bond acceptors (Lipinski definition) is 3. The molecule has 3 heteroatoms. The van der Waals surface area contributed by atoms with E-state index in [0.717, 1.165) is 11.8 Å². The van der Waals surface area contributed by atoms with E-state index in [2.05, 4.69) is 22.2 Å². The van der Waals surface area contributed by atoms with Gasteiger partial charge in [0.2, 0.25) is 0 Å². The normalized spacial score (nSPS) is 27.6. The van der Waals surface area contributed by atoms with E-state index < -0.39 is 0 Å². The summed E-state index contributed by atoms with van der Waals surface area (Å²) in [7, 11) is 2.04. The summed E-state index contributed by atoms with van der Waals surface area (Å²) in [5.41, 5.74) is 1.23. The van der Waals surface area contributed by atoms with Gasteiger partial charge in [-0.15, -0.1) is 0 Å². The third-order valence-corrected chi connectivity index (χ3v) is 3.70. The molecule has 2 rings (SSSR count). The Hall–Kier alpha value is -0.960. The fraction of sp³-hybridized carbons (Fsp3) is 0.692. The molecule has 0 radical (unpaired) electrons. The average Bonchev–Trinajstić information content (AvgIpc) is 2.31. The Labute approximate surface area is 97.7 Å². The average molecular weight is 219 g/mol. The zero-order chi connectivity index (χ0) is 11.4. The summed E-state index contributed by atoms with van der Waals surface area (Å²) in [5, 5.41) is 3.43. The van der Waals surface area contributed by atoms with E-state index in [0.29, 0.717) is 6.04 Å². The van der Waals surface area contributed by atoms with Gasteiger partial charge in [-0.25, -0.2) is 9.97 Å². The lowest BCUT2D eigenvalue weighted by molar-refractivity contribution is 0.229. The minimum Gasteiger partial charge on any atom is -0.313 e. The topological polar surface area (TPSA) is 37.8 Å². The van der Waals surface area contributed by atoms with Crippen LogP contribution in [0.5, 0.6) is 0 Å². The number of nitrogens with one attached hydrogen (secondary N) is 1. The van der Waals surface area contributed by atoms with E-state index in [1.807, 2.05) is 19.4 Å². The van der Waals surface area contributed by atoms with E-state index in [9.17, 15) is 0 Å². The number of hydrogen-bond donors (Lipinski definition) is 1. The first-order valence-electron chi connectivity index (χ1n) is 6.23. The van der Waals surface area contributed by atoms with Crippen LogP contribution < -0.4 is 5.32 Å². The first kappa shape index (κ1) is 11.5. The van der Waals surface area contributed by atoms with Gasteiger partial charge in [-0.2, -0.15) is 0 Å². The lowest BCUT2D eigenvalue weighted by Gasteiger charge is -2.33. The van der Waals surface area contributed by atoms with E-state index >= 15 is 0 Å². The Morgan fingerprint density at radius 2 is 2.06 bits per heavy atom.